The molecule has 2 heteroatoms. The Morgan fingerprint density at radius 2 is 1.42 bits per heavy atom. The van der Waals surface area contributed by atoms with Gasteiger partial charge in [0.1, 0.15) is 5.75 Å². The molecule has 0 spiro atoms. The SMILES string of the molecule is CC(=O)Oc1ccc(C(C)(C)c2ccccc2)cc1. The van der Waals surface area contributed by atoms with E-state index in [0.717, 1.165) is 0 Å². The predicted molar refractivity (Wildman–Crippen MR) is 76.3 cm³/mol. The maximum atomic E-state index is 10.9. The Bertz CT molecular complexity index is 554. The van der Waals surface area contributed by atoms with Crippen LogP contribution in [0.4, 0.5) is 0 Å². The molecule has 0 unspecified atom stereocenters. The highest BCUT2D eigenvalue weighted by Gasteiger charge is 2.22. The van der Waals surface area contributed by atoms with E-state index < -0.39 is 0 Å². The molecule has 2 rings (SSSR count). The van der Waals surface area contributed by atoms with Crippen LogP contribution in [0.25, 0.3) is 0 Å². The first-order chi connectivity index (χ1) is 9.00. The molecule has 2 aromatic rings. The van der Waals surface area contributed by atoms with E-state index >= 15 is 0 Å². The topological polar surface area (TPSA) is 26.3 Å². The lowest BCUT2D eigenvalue weighted by Gasteiger charge is -2.26. The fraction of sp³-hybridized carbons (Fsp3) is 0.235. The highest BCUT2D eigenvalue weighted by Crippen LogP contribution is 2.32. The minimum Gasteiger partial charge on any atom is -0.427 e. The molecular weight excluding hydrogens is 236 g/mol. The summed E-state index contributed by atoms with van der Waals surface area (Å²) in [6, 6.07) is 18.0. The van der Waals surface area contributed by atoms with Crippen molar-refractivity contribution in [1.29, 1.82) is 0 Å². The number of ether oxygens (including phenoxy) is 1. The van der Waals surface area contributed by atoms with Crippen molar-refractivity contribution in [3.05, 3.63) is 65.7 Å². The van der Waals surface area contributed by atoms with Gasteiger partial charge >= 0.3 is 5.97 Å². The summed E-state index contributed by atoms with van der Waals surface area (Å²) in [4.78, 5) is 10.9. The fourth-order valence-corrected chi connectivity index (χ4v) is 2.13. The molecule has 98 valence electrons. The number of esters is 1. The van der Waals surface area contributed by atoms with Crippen LogP contribution >= 0.6 is 0 Å². The molecule has 0 N–H and O–H groups in total. The zero-order valence-electron chi connectivity index (χ0n) is 11.5. The van der Waals surface area contributed by atoms with E-state index in [0.29, 0.717) is 5.75 Å². The maximum absolute atomic E-state index is 10.9. The standard InChI is InChI=1S/C17H18O2/c1-13(18)19-16-11-9-15(10-12-16)17(2,3)14-7-5-4-6-8-14/h4-12H,1-3H3. The van der Waals surface area contributed by atoms with Crippen LogP contribution in [-0.4, -0.2) is 5.97 Å². The third-order valence-electron chi connectivity index (χ3n) is 3.33. The van der Waals surface area contributed by atoms with E-state index in [4.69, 9.17) is 4.74 Å². The summed E-state index contributed by atoms with van der Waals surface area (Å²) in [6.07, 6.45) is 0. The fourth-order valence-electron chi connectivity index (χ4n) is 2.13. The molecule has 0 saturated heterocycles. The van der Waals surface area contributed by atoms with Gasteiger partial charge in [-0.05, 0) is 23.3 Å². The van der Waals surface area contributed by atoms with Gasteiger partial charge in [-0.2, -0.15) is 0 Å². The average molecular weight is 254 g/mol. The van der Waals surface area contributed by atoms with Crippen LogP contribution in [0.15, 0.2) is 54.6 Å². The minimum atomic E-state index is -0.296. The summed E-state index contributed by atoms with van der Waals surface area (Å²) >= 11 is 0. The first-order valence-corrected chi connectivity index (χ1v) is 6.34. The number of carbonyl (C=O) groups excluding carboxylic acids is 1. The third kappa shape index (κ3) is 3.02. The first kappa shape index (κ1) is 13.3. The second-order valence-electron chi connectivity index (χ2n) is 5.11. The van der Waals surface area contributed by atoms with Crippen LogP contribution in [0.2, 0.25) is 0 Å². The zero-order valence-corrected chi connectivity index (χ0v) is 11.5. The highest BCUT2D eigenvalue weighted by atomic mass is 16.5. The molecule has 0 aliphatic heterocycles. The van der Waals surface area contributed by atoms with Crippen molar-refractivity contribution in [3.63, 3.8) is 0 Å². The number of hydrogen-bond donors (Lipinski definition) is 0. The van der Waals surface area contributed by atoms with Crippen molar-refractivity contribution < 1.29 is 9.53 Å². The summed E-state index contributed by atoms with van der Waals surface area (Å²) in [5, 5.41) is 0. The zero-order chi connectivity index (χ0) is 13.9. The van der Waals surface area contributed by atoms with E-state index in [9.17, 15) is 4.79 Å². The molecule has 19 heavy (non-hydrogen) atoms. The second kappa shape index (κ2) is 5.27. The van der Waals surface area contributed by atoms with Gasteiger partial charge in [0.15, 0.2) is 0 Å². The van der Waals surface area contributed by atoms with Crippen LogP contribution in [0, 0.1) is 0 Å². The lowest BCUT2D eigenvalue weighted by atomic mass is 9.78. The molecule has 0 aliphatic carbocycles. The Morgan fingerprint density at radius 3 is 1.95 bits per heavy atom. The number of rotatable bonds is 3. The summed E-state index contributed by atoms with van der Waals surface area (Å²) < 4.78 is 5.05. The van der Waals surface area contributed by atoms with E-state index in [1.807, 2.05) is 42.5 Å². The monoisotopic (exact) mass is 254 g/mol. The van der Waals surface area contributed by atoms with E-state index in [2.05, 4.69) is 26.0 Å². The Hall–Kier alpha value is -2.09. The Balaban J connectivity index is 2.29. The highest BCUT2D eigenvalue weighted by molar-refractivity contribution is 5.69. The van der Waals surface area contributed by atoms with Gasteiger partial charge in [0.2, 0.25) is 0 Å². The van der Waals surface area contributed by atoms with Gasteiger partial charge in [-0.1, -0.05) is 56.3 Å². The quantitative estimate of drug-likeness (QED) is 0.612. The molecule has 0 atom stereocenters. The van der Waals surface area contributed by atoms with E-state index in [1.165, 1.54) is 18.1 Å². The Morgan fingerprint density at radius 1 is 0.895 bits per heavy atom. The largest absolute Gasteiger partial charge is 0.427 e. The van der Waals surface area contributed by atoms with Gasteiger partial charge in [0.25, 0.3) is 0 Å². The van der Waals surface area contributed by atoms with Crippen molar-refractivity contribution in [3.8, 4) is 5.75 Å². The molecule has 0 aliphatic rings. The van der Waals surface area contributed by atoms with Gasteiger partial charge in [-0.3, -0.25) is 4.79 Å². The molecule has 0 heterocycles. The maximum Gasteiger partial charge on any atom is 0.308 e. The van der Waals surface area contributed by atoms with Crippen LogP contribution < -0.4 is 4.74 Å². The molecular formula is C17H18O2. The molecule has 0 radical (unpaired) electrons. The van der Waals surface area contributed by atoms with Crippen molar-refractivity contribution in [2.75, 3.05) is 0 Å². The summed E-state index contributed by atoms with van der Waals surface area (Å²) in [5.41, 5.74) is 2.38. The molecule has 2 nitrogen and oxygen atoms in total. The van der Waals surface area contributed by atoms with Crippen molar-refractivity contribution in [2.24, 2.45) is 0 Å². The van der Waals surface area contributed by atoms with Gasteiger partial charge in [-0.15, -0.1) is 0 Å². The number of hydrogen-bond acceptors (Lipinski definition) is 2. The van der Waals surface area contributed by atoms with Crippen molar-refractivity contribution in [2.45, 2.75) is 26.2 Å². The number of carbonyl (C=O) groups is 1. The molecule has 0 bridgehead atoms. The van der Waals surface area contributed by atoms with Crippen molar-refractivity contribution >= 4 is 5.97 Å². The third-order valence-corrected chi connectivity index (χ3v) is 3.33. The lowest BCUT2D eigenvalue weighted by molar-refractivity contribution is -0.131. The molecule has 0 amide bonds. The normalized spacial score (nSPS) is 11.1. The van der Waals surface area contributed by atoms with Crippen LogP contribution in [0.1, 0.15) is 31.9 Å². The Kier molecular flexibility index (Phi) is 3.70. The average Bonchev–Trinajstić information content (AvgIpc) is 2.40. The summed E-state index contributed by atoms with van der Waals surface area (Å²) in [6.45, 7) is 5.77. The van der Waals surface area contributed by atoms with E-state index in [-0.39, 0.29) is 11.4 Å². The summed E-state index contributed by atoms with van der Waals surface area (Å²) in [5.74, 6) is 0.287. The molecule has 2 aromatic carbocycles. The molecule has 0 saturated carbocycles. The van der Waals surface area contributed by atoms with Gasteiger partial charge in [0.05, 0.1) is 0 Å². The van der Waals surface area contributed by atoms with Crippen LogP contribution in [0.3, 0.4) is 0 Å². The van der Waals surface area contributed by atoms with Gasteiger partial charge in [-0.25, -0.2) is 0 Å². The van der Waals surface area contributed by atoms with Gasteiger partial charge < -0.3 is 4.74 Å². The second-order valence-corrected chi connectivity index (χ2v) is 5.11. The minimum absolute atomic E-state index is 0.0734. The molecule has 0 fully saturated rings. The summed E-state index contributed by atoms with van der Waals surface area (Å²) in [7, 11) is 0. The number of benzene rings is 2. The van der Waals surface area contributed by atoms with Gasteiger partial charge in [0, 0.05) is 12.3 Å². The van der Waals surface area contributed by atoms with Crippen LogP contribution in [0.5, 0.6) is 5.75 Å². The van der Waals surface area contributed by atoms with E-state index in [1.54, 1.807) is 0 Å². The first-order valence-electron chi connectivity index (χ1n) is 6.34. The molecule has 0 aromatic heterocycles. The smallest absolute Gasteiger partial charge is 0.308 e. The lowest BCUT2D eigenvalue weighted by Crippen LogP contribution is -2.18. The predicted octanol–water partition coefficient (Wildman–Crippen LogP) is 3.94. The van der Waals surface area contributed by atoms with Crippen molar-refractivity contribution in [1.82, 2.24) is 0 Å². The Labute approximate surface area is 114 Å². The van der Waals surface area contributed by atoms with Crippen LogP contribution in [-0.2, 0) is 10.2 Å².